The Bertz CT molecular complexity index is 531. The number of piperidine rings is 1. The summed E-state index contributed by atoms with van der Waals surface area (Å²) in [5.74, 6) is -1.36. The highest BCUT2D eigenvalue weighted by Gasteiger charge is 2.50. The summed E-state index contributed by atoms with van der Waals surface area (Å²) in [6, 6.07) is 0. The number of likely N-dealkylation sites (tertiary alicyclic amines) is 1. The lowest BCUT2D eigenvalue weighted by atomic mass is 9.78. The maximum atomic E-state index is 12.8. The van der Waals surface area contributed by atoms with Gasteiger partial charge in [0.05, 0.1) is 0 Å². The van der Waals surface area contributed by atoms with Crippen LogP contribution in [0, 0.1) is 11.3 Å². The van der Waals surface area contributed by atoms with Gasteiger partial charge in [-0.05, 0) is 31.6 Å². The number of rotatable bonds is 6. The molecule has 0 aromatic rings. The quantitative estimate of drug-likeness (QED) is 0.716. The van der Waals surface area contributed by atoms with E-state index in [1.165, 1.54) is 37.0 Å². The number of aliphatic carboxylic acids is 1. The summed E-state index contributed by atoms with van der Waals surface area (Å²) in [5, 5.41) is 10.0. The smallest absolute Gasteiger partial charge is 0.329 e. The summed E-state index contributed by atoms with van der Waals surface area (Å²) in [5.41, 5.74) is -1.99. The number of carbonyl (C=O) groups excluding carboxylic acids is 2. The fourth-order valence-electron chi connectivity index (χ4n) is 4.52. The van der Waals surface area contributed by atoms with Crippen LogP contribution in [0.1, 0.15) is 91.4 Å². The molecule has 0 aromatic heterocycles. The Morgan fingerprint density at radius 3 is 2.27 bits per heavy atom. The maximum absolute atomic E-state index is 12.8. The topological polar surface area (TPSA) is 74.7 Å². The average molecular weight is 366 g/mol. The number of Topliss-reactive ketones (excluding diaryl/α,β-unsaturated/α-hetero) is 1. The van der Waals surface area contributed by atoms with E-state index in [4.69, 9.17) is 0 Å². The van der Waals surface area contributed by atoms with Crippen molar-refractivity contribution < 1.29 is 19.5 Å². The molecule has 2 rings (SSSR count). The molecule has 1 saturated carbocycles. The predicted octanol–water partition coefficient (Wildman–Crippen LogP) is 4.19. The molecule has 1 N–H and O–H groups in total. The first-order valence-electron chi connectivity index (χ1n) is 10.3. The Hall–Kier alpha value is -1.39. The Balaban J connectivity index is 2.12. The highest BCUT2D eigenvalue weighted by molar-refractivity contribution is 6.38. The van der Waals surface area contributed by atoms with E-state index < -0.39 is 28.6 Å². The first-order chi connectivity index (χ1) is 12.2. The van der Waals surface area contributed by atoms with Crippen molar-refractivity contribution in [3.8, 4) is 0 Å². The minimum atomic E-state index is -1.20. The summed E-state index contributed by atoms with van der Waals surface area (Å²) in [6.45, 7) is 5.50. The van der Waals surface area contributed by atoms with Crippen LogP contribution in [-0.4, -0.2) is 39.7 Å². The van der Waals surface area contributed by atoms with Gasteiger partial charge in [0.2, 0.25) is 5.78 Å². The predicted molar refractivity (Wildman–Crippen MR) is 101 cm³/mol. The third-order valence-electron chi connectivity index (χ3n) is 6.18. The Labute approximate surface area is 157 Å². The molecule has 0 spiro atoms. The molecule has 1 atom stereocenters. The van der Waals surface area contributed by atoms with Crippen LogP contribution in [0.4, 0.5) is 0 Å². The molecule has 1 aliphatic heterocycles. The van der Waals surface area contributed by atoms with E-state index in [0.29, 0.717) is 25.3 Å². The van der Waals surface area contributed by atoms with Crippen molar-refractivity contribution in [3.63, 3.8) is 0 Å². The first kappa shape index (κ1) is 20.9. The summed E-state index contributed by atoms with van der Waals surface area (Å²) in [6.07, 6.45) is 10.7. The number of carboxylic acid groups (broad SMARTS) is 1. The standard InChI is InChI=1S/C21H35NO4/c1-20(2,3)17(23)18(24)22-15-8-7-13-21(22,19(25)26)14-9-12-16-10-5-4-6-11-16/h16H,4-15H2,1-3H3,(H,25,26). The van der Waals surface area contributed by atoms with Gasteiger partial charge in [0.15, 0.2) is 0 Å². The number of hydrogen-bond acceptors (Lipinski definition) is 3. The Morgan fingerprint density at radius 1 is 1.04 bits per heavy atom. The number of amides is 1. The zero-order chi connectivity index (χ0) is 19.4. The average Bonchev–Trinajstić information content (AvgIpc) is 2.60. The van der Waals surface area contributed by atoms with Crippen LogP contribution < -0.4 is 0 Å². The van der Waals surface area contributed by atoms with Crippen molar-refractivity contribution >= 4 is 17.7 Å². The molecule has 2 fully saturated rings. The zero-order valence-corrected chi connectivity index (χ0v) is 16.7. The summed E-state index contributed by atoms with van der Waals surface area (Å²) in [7, 11) is 0. The van der Waals surface area contributed by atoms with Crippen LogP contribution >= 0.6 is 0 Å². The van der Waals surface area contributed by atoms with Crippen LogP contribution in [-0.2, 0) is 14.4 Å². The van der Waals surface area contributed by atoms with Gasteiger partial charge in [0.25, 0.3) is 5.91 Å². The van der Waals surface area contributed by atoms with E-state index >= 15 is 0 Å². The zero-order valence-electron chi connectivity index (χ0n) is 16.7. The van der Waals surface area contributed by atoms with Gasteiger partial charge in [-0.1, -0.05) is 65.7 Å². The van der Waals surface area contributed by atoms with Gasteiger partial charge in [-0.15, -0.1) is 0 Å². The van der Waals surface area contributed by atoms with Crippen molar-refractivity contribution in [2.24, 2.45) is 11.3 Å². The molecule has 1 amide bonds. The maximum Gasteiger partial charge on any atom is 0.329 e. The normalized spacial score (nSPS) is 25.1. The van der Waals surface area contributed by atoms with Crippen LogP contribution in [0.15, 0.2) is 0 Å². The molecule has 0 radical (unpaired) electrons. The van der Waals surface area contributed by atoms with Gasteiger partial charge in [0.1, 0.15) is 5.54 Å². The minimum absolute atomic E-state index is 0.371. The number of hydrogen-bond donors (Lipinski definition) is 1. The first-order valence-corrected chi connectivity index (χ1v) is 10.3. The highest BCUT2D eigenvalue weighted by Crippen LogP contribution is 2.36. The molecular weight excluding hydrogens is 330 g/mol. The molecule has 0 aromatic carbocycles. The molecule has 1 heterocycles. The van der Waals surface area contributed by atoms with Gasteiger partial charge < -0.3 is 10.0 Å². The van der Waals surface area contributed by atoms with Gasteiger partial charge in [-0.3, -0.25) is 9.59 Å². The van der Waals surface area contributed by atoms with Crippen molar-refractivity contribution in [2.45, 2.75) is 96.9 Å². The number of nitrogens with zero attached hydrogens (tertiary/aromatic N) is 1. The molecule has 1 aliphatic carbocycles. The van der Waals surface area contributed by atoms with Crippen LogP contribution in [0.25, 0.3) is 0 Å². The molecule has 5 nitrogen and oxygen atoms in total. The van der Waals surface area contributed by atoms with Gasteiger partial charge in [-0.2, -0.15) is 0 Å². The van der Waals surface area contributed by atoms with Gasteiger partial charge in [-0.25, -0.2) is 4.79 Å². The van der Waals surface area contributed by atoms with Crippen LogP contribution in [0.2, 0.25) is 0 Å². The molecule has 26 heavy (non-hydrogen) atoms. The molecule has 1 unspecified atom stereocenters. The van der Waals surface area contributed by atoms with Crippen molar-refractivity contribution in [1.82, 2.24) is 4.90 Å². The number of carboxylic acids is 1. The third-order valence-corrected chi connectivity index (χ3v) is 6.18. The Morgan fingerprint density at radius 2 is 1.69 bits per heavy atom. The second kappa shape index (κ2) is 8.53. The minimum Gasteiger partial charge on any atom is -0.479 e. The van der Waals surface area contributed by atoms with E-state index in [2.05, 4.69) is 0 Å². The summed E-state index contributed by atoms with van der Waals surface area (Å²) < 4.78 is 0. The van der Waals surface area contributed by atoms with E-state index in [0.717, 1.165) is 25.7 Å². The lowest BCUT2D eigenvalue weighted by Gasteiger charge is -2.44. The summed E-state index contributed by atoms with van der Waals surface area (Å²) >= 11 is 0. The van der Waals surface area contributed by atoms with E-state index in [1.54, 1.807) is 20.8 Å². The largest absolute Gasteiger partial charge is 0.479 e. The van der Waals surface area contributed by atoms with Crippen molar-refractivity contribution in [1.29, 1.82) is 0 Å². The molecular formula is C21H35NO4. The van der Waals surface area contributed by atoms with Crippen LogP contribution in [0.3, 0.4) is 0 Å². The van der Waals surface area contributed by atoms with Gasteiger partial charge in [0, 0.05) is 12.0 Å². The second-order valence-corrected chi connectivity index (χ2v) is 9.23. The van der Waals surface area contributed by atoms with Crippen molar-refractivity contribution in [2.75, 3.05) is 6.54 Å². The van der Waals surface area contributed by atoms with E-state index in [-0.39, 0.29) is 0 Å². The highest BCUT2D eigenvalue weighted by atomic mass is 16.4. The number of ketones is 1. The number of carbonyl (C=O) groups is 3. The third kappa shape index (κ3) is 4.66. The van der Waals surface area contributed by atoms with E-state index in [1.807, 2.05) is 0 Å². The molecule has 1 saturated heterocycles. The second-order valence-electron chi connectivity index (χ2n) is 9.23. The lowest BCUT2D eigenvalue weighted by Crippen LogP contribution is -2.61. The lowest BCUT2D eigenvalue weighted by molar-refractivity contribution is -0.167. The monoisotopic (exact) mass is 365 g/mol. The Kier molecular flexibility index (Phi) is 6.86. The molecule has 148 valence electrons. The molecule has 0 bridgehead atoms. The van der Waals surface area contributed by atoms with E-state index in [9.17, 15) is 19.5 Å². The van der Waals surface area contributed by atoms with Crippen molar-refractivity contribution in [3.05, 3.63) is 0 Å². The molecule has 5 heteroatoms. The summed E-state index contributed by atoms with van der Waals surface area (Å²) in [4.78, 5) is 39.0. The SMILES string of the molecule is CC(C)(C)C(=O)C(=O)N1CCCCC1(CCCC1CCCCC1)C(=O)O. The van der Waals surface area contributed by atoms with Crippen LogP contribution in [0.5, 0.6) is 0 Å². The van der Waals surface area contributed by atoms with Gasteiger partial charge >= 0.3 is 5.97 Å². The fourth-order valence-corrected chi connectivity index (χ4v) is 4.52. The molecule has 2 aliphatic rings. The fraction of sp³-hybridized carbons (Fsp3) is 0.857.